The number of carboxylic acids is 1. The van der Waals surface area contributed by atoms with Gasteiger partial charge in [0.25, 0.3) is 0 Å². The van der Waals surface area contributed by atoms with Gasteiger partial charge in [0.1, 0.15) is 5.92 Å². The van der Waals surface area contributed by atoms with Gasteiger partial charge in [-0.15, -0.1) is 0 Å². The molecule has 0 fully saturated rings. The fourth-order valence-electron chi connectivity index (χ4n) is 2.06. The number of urea groups is 1. The lowest BCUT2D eigenvalue weighted by Crippen LogP contribution is -2.39. The van der Waals surface area contributed by atoms with Crippen molar-refractivity contribution in [1.82, 2.24) is 5.32 Å². The Balaban J connectivity index is 2.34. The van der Waals surface area contributed by atoms with Gasteiger partial charge in [-0.3, -0.25) is 9.69 Å². The Bertz CT molecular complexity index is 459. The summed E-state index contributed by atoms with van der Waals surface area (Å²) in [6, 6.07) is 6.87. The van der Waals surface area contributed by atoms with E-state index in [9.17, 15) is 9.59 Å². The zero-order chi connectivity index (χ0) is 12.4. The number of hydrogen-bond donors (Lipinski definition) is 2. The second kappa shape index (κ2) is 4.45. The Morgan fingerprint density at radius 2 is 2.18 bits per heavy atom. The van der Waals surface area contributed by atoms with E-state index < -0.39 is 11.9 Å². The van der Waals surface area contributed by atoms with Crippen LogP contribution in [0.5, 0.6) is 0 Å². The number of para-hydroxylation sites is 1. The number of amides is 2. The number of nitrogens with one attached hydrogen (secondary N) is 1. The third-order valence-corrected chi connectivity index (χ3v) is 2.84. The Morgan fingerprint density at radius 1 is 1.47 bits per heavy atom. The van der Waals surface area contributed by atoms with Gasteiger partial charge in [-0.25, -0.2) is 4.79 Å². The highest BCUT2D eigenvalue weighted by atomic mass is 16.4. The van der Waals surface area contributed by atoms with Crippen molar-refractivity contribution < 1.29 is 14.7 Å². The van der Waals surface area contributed by atoms with Crippen LogP contribution in [0.2, 0.25) is 0 Å². The first kappa shape index (κ1) is 11.4. The minimum absolute atomic E-state index is 0.195. The van der Waals surface area contributed by atoms with E-state index in [1.54, 1.807) is 24.3 Å². The van der Waals surface area contributed by atoms with Gasteiger partial charge in [0, 0.05) is 18.8 Å². The number of nitrogens with zero attached hydrogens (tertiary/aromatic N) is 1. The Labute approximate surface area is 99.0 Å². The Kier molecular flexibility index (Phi) is 2.99. The summed E-state index contributed by atoms with van der Waals surface area (Å²) in [4.78, 5) is 24.4. The third kappa shape index (κ3) is 1.95. The van der Waals surface area contributed by atoms with Crippen LogP contribution in [0.3, 0.4) is 0 Å². The van der Waals surface area contributed by atoms with Crippen molar-refractivity contribution in [2.45, 2.75) is 12.8 Å². The van der Waals surface area contributed by atoms with Crippen molar-refractivity contribution in [2.75, 3.05) is 18.0 Å². The van der Waals surface area contributed by atoms with E-state index in [2.05, 4.69) is 5.32 Å². The van der Waals surface area contributed by atoms with Gasteiger partial charge >= 0.3 is 12.0 Å². The first-order chi connectivity index (χ1) is 8.15. The van der Waals surface area contributed by atoms with Crippen LogP contribution in [0.4, 0.5) is 10.5 Å². The average molecular weight is 234 g/mol. The molecule has 90 valence electrons. The molecule has 1 aromatic carbocycles. The van der Waals surface area contributed by atoms with Gasteiger partial charge in [0.05, 0.1) is 0 Å². The molecular formula is C12H14N2O3. The highest BCUT2D eigenvalue weighted by molar-refractivity contribution is 5.97. The minimum Gasteiger partial charge on any atom is -0.481 e. The first-order valence-electron chi connectivity index (χ1n) is 5.52. The molecule has 0 saturated carbocycles. The van der Waals surface area contributed by atoms with Gasteiger partial charge in [0.2, 0.25) is 0 Å². The molecule has 0 aliphatic carbocycles. The summed E-state index contributed by atoms with van der Waals surface area (Å²) in [6.45, 7) is 2.55. The molecule has 0 spiro atoms. The Hall–Kier alpha value is -2.04. The minimum atomic E-state index is -0.899. The number of hydrogen-bond acceptors (Lipinski definition) is 2. The molecule has 0 saturated heterocycles. The molecule has 1 atom stereocenters. The second-order valence-corrected chi connectivity index (χ2v) is 3.90. The summed E-state index contributed by atoms with van der Waals surface area (Å²) in [7, 11) is 0. The number of benzene rings is 1. The van der Waals surface area contributed by atoms with Crippen molar-refractivity contribution in [3.63, 3.8) is 0 Å². The van der Waals surface area contributed by atoms with Gasteiger partial charge in [-0.2, -0.15) is 0 Å². The monoisotopic (exact) mass is 234 g/mol. The fourth-order valence-corrected chi connectivity index (χ4v) is 2.06. The SMILES string of the molecule is CCNC(=O)N1CC(C(=O)O)c2ccccc21. The quantitative estimate of drug-likeness (QED) is 0.812. The number of anilines is 1. The molecule has 5 nitrogen and oxygen atoms in total. The van der Waals surface area contributed by atoms with Crippen LogP contribution < -0.4 is 10.2 Å². The van der Waals surface area contributed by atoms with E-state index in [4.69, 9.17) is 5.11 Å². The van der Waals surface area contributed by atoms with E-state index >= 15 is 0 Å². The van der Waals surface area contributed by atoms with Crippen LogP contribution in [0.25, 0.3) is 0 Å². The molecule has 1 aliphatic rings. The summed E-state index contributed by atoms with van der Waals surface area (Å²) in [5, 5.41) is 11.8. The molecule has 17 heavy (non-hydrogen) atoms. The molecule has 2 N–H and O–H groups in total. The van der Waals surface area contributed by atoms with Crippen LogP contribution >= 0.6 is 0 Å². The number of carbonyl (C=O) groups is 2. The predicted molar refractivity (Wildman–Crippen MR) is 63.2 cm³/mol. The molecular weight excluding hydrogens is 220 g/mol. The number of carboxylic acid groups (broad SMARTS) is 1. The number of carbonyl (C=O) groups excluding carboxylic acids is 1. The highest BCUT2D eigenvalue weighted by Crippen LogP contribution is 2.36. The largest absolute Gasteiger partial charge is 0.481 e. The number of rotatable bonds is 2. The predicted octanol–water partition coefficient (Wildman–Crippen LogP) is 1.40. The van der Waals surface area contributed by atoms with Gasteiger partial charge in [-0.1, -0.05) is 18.2 Å². The van der Waals surface area contributed by atoms with Crippen molar-refractivity contribution in [3.8, 4) is 0 Å². The van der Waals surface area contributed by atoms with E-state index in [1.165, 1.54) is 4.90 Å². The summed E-state index contributed by atoms with van der Waals surface area (Å²) in [6.07, 6.45) is 0. The molecule has 2 rings (SSSR count). The van der Waals surface area contributed by atoms with E-state index in [1.807, 2.05) is 6.92 Å². The van der Waals surface area contributed by atoms with Gasteiger partial charge in [0.15, 0.2) is 0 Å². The zero-order valence-corrected chi connectivity index (χ0v) is 9.51. The second-order valence-electron chi connectivity index (χ2n) is 3.90. The third-order valence-electron chi connectivity index (χ3n) is 2.84. The lowest BCUT2D eigenvalue weighted by molar-refractivity contribution is -0.138. The van der Waals surface area contributed by atoms with E-state index in [-0.39, 0.29) is 12.6 Å². The zero-order valence-electron chi connectivity index (χ0n) is 9.51. The summed E-state index contributed by atoms with van der Waals surface area (Å²) < 4.78 is 0. The molecule has 1 unspecified atom stereocenters. The lowest BCUT2D eigenvalue weighted by Gasteiger charge is -2.17. The van der Waals surface area contributed by atoms with Crippen molar-refractivity contribution in [3.05, 3.63) is 29.8 Å². The maximum absolute atomic E-state index is 11.8. The molecule has 5 heteroatoms. The van der Waals surface area contributed by atoms with Gasteiger partial charge < -0.3 is 10.4 Å². The molecule has 0 aromatic heterocycles. The van der Waals surface area contributed by atoms with Crippen LogP contribution in [0, 0.1) is 0 Å². The molecule has 1 aliphatic heterocycles. The standard InChI is InChI=1S/C12H14N2O3/c1-2-13-12(17)14-7-9(11(15)16)8-5-3-4-6-10(8)14/h3-6,9H,2,7H2,1H3,(H,13,17)(H,15,16). The normalized spacial score (nSPS) is 17.7. The Morgan fingerprint density at radius 3 is 2.82 bits per heavy atom. The van der Waals surface area contributed by atoms with Crippen LogP contribution in [0.1, 0.15) is 18.4 Å². The van der Waals surface area contributed by atoms with Crippen molar-refractivity contribution in [2.24, 2.45) is 0 Å². The summed E-state index contributed by atoms with van der Waals surface area (Å²) >= 11 is 0. The van der Waals surface area contributed by atoms with Crippen LogP contribution in [-0.2, 0) is 4.79 Å². The van der Waals surface area contributed by atoms with Gasteiger partial charge in [-0.05, 0) is 18.6 Å². The number of aliphatic carboxylic acids is 1. The molecule has 2 amide bonds. The smallest absolute Gasteiger partial charge is 0.321 e. The summed E-state index contributed by atoms with van der Waals surface area (Å²) in [5.41, 5.74) is 1.39. The molecule has 1 heterocycles. The summed E-state index contributed by atoms with van der Waals surface area (Å²) in [5.74, 6) is -1.53. The molecule has 1 aromatic rings. The van der Waals surface area contributed by atoms with Crippen LogP contribution in [0.15, 0.2) is 24.3 Å². The molecule has 0 bridgehead atoms. The maximum Gasteiger partial charge on any atom is 0.321 e. The maximum atomic E-state index is 11.8. The highest BCUT2D eigenvalue weighted by Gasteiger charge is 2.35. The number of fused-ring (bicyclic) bond motifs is 1. The fraction of sp³-hybridized carbons (Fsp3) is 0.333. The lowest BCUT2D eigenvalue weighted by atomic mass is 10.0. The van der Waals surface area contributed by atoms with Crippen molar-refractivity contribution >= 4 is 17.7 Å². The van der Waals surface area contributed by atoms with E-state index in [0.717, 1.165) is 0 Å². The van der Waals surface area contributed by atoms with Crippen LogP contribution in [-0.4, -0.2) is 30.2 Å². The molecule has 0 radical (unpaired) electrons. The topological polar surface area (TPSA) is 69.6 Å². The first-order valence-corrected chi connectivity index (χ1v) is 5.52. The van der Waals surface area contributed by atoms with E-state index in [0.29, 0.717) is 17.8 Å². The average Bonchev–Trinajstić information content (AvgIpc) is 2.69. The van der Waals surface area contributed by atoms with Crippen molar-refractivity contribution in [1.29, 1.82) is 0 Å².